The second-order valence-electron chi connectivity index (χ2n) is 6.24. The highest BCUT2D eigenvalue weighted by atomic mass is 35.5. The summed E-state index contributed by atoms with van der Waals surface area (Å²) < 4.78 is 94.4. The fraction of sp³-hybridized carbons (Fsp3) is 0.467. The Morgan fingerprint density at radius 2 is 1.77 bits per heavy atom. The van der Waals surface area contributed by atoms with Gasteiger partial charge >= 0.3 is 12.1 Å². The molecule has 0 spiro atoms. The summed E-state index contributed by atoms with van der Waals surface area (Å²) in [5, 5.41) is -1.40. The quantitative estimate of drug-likeness (QED) is 0.416. The Balaban J connectivity index is 2.10. The number of hydrogen-bond donors (Lipinski definition) is 0. The lowest BCUT2D eigenvalue weighted by molar-refractivity contribution is -0.147. The van der Waals surface area contributed by atoms with Gasteiger partial charge in [-0.15, -0.1) is 0 Å². The lowest BCUT2D eigenvalue weighted by Gasteiger charge is -2.07. The summed E-state index contributed by atoms with van der Waals surface area (Å²) in [6.07, 6.45) is -4.10. The largest absolute Gasteiger partial charge is 0.459 e. The van der Waals surface area contributed by atoms with Crippen LogP contribution in [0.25, 0.3) is 0 Å². The van der Waals surface area contributed by atoms with Crippen molar-refractivity contribution >= 4 is 17.6 Å². The van der Waals surface area contributed by atoms with Crippen LogP contribution in [0.5, 0.6) is 0 Å². The molecule has 1 aromatic rings. The SMILES string of the molecule is CC1(C)[C@H](C=C(Cl)C(F)(F)F)[C@@H]1C(=O)OCc1nc(F)c(F)c(F)c1F. The first kappa shape index (κ1) is 20.5. The van der Waals surface area contributed by atoms with Crippen LogP contribution in [0.15, 0.2) is 11.1 Å². The molecule has 0 amide bonds. The summed E-state index contributed by atoms with van der Waals surface area (Å²) in [5.74, 6) is -10.9. The average molecular weight is 406 g/mol. The minimum Gasteiger partial charge on any atom is -0.459 e. The molecule has 1 heterocycles. The number of allylic oxidation sites excluding steroid dienone is 2. The third kappa shape index (κ3) is 3.79. The maximum absolute atomic E-state index is 13.5. The molecule has 2 atom stereocenters. The van der Waals surface area contributed by atoms with E-state index in [9.17, 15) is 35.5 Å². The number of carbonyl (C=O) groups excluding carboxylic acids is 1. The Morgan fingerprint density at radius 1 is 1.19 bits per heavy atom. The van der Waals surface area contributed by atoms with Crippen LogP contribution < -0.4 is 0 Å². The second kappa shape index (κ2) is 6.71. The summed E-state index contributed by atoms with van der Waals surface area (Å²) in [6, 6.07) is 0. The van der Waals surface area contributed by atoms with Crippen LogP contribution in [0.1, 0.15) is 19.5 Å². The first-order chi connectivity index (χ1) is 11.8. The first-order valence-electron chi connectivity index (χ1n) is 7.08. The van der Waals surface area contributed by atoms with E-state index in [4.69, 9.17) is 11.6 Å². The lowest BCUT2D eigenvalue weighted by Crippen LogP contribution is -2.14. The number of alkyl halides is 3. The molecule has 0 radical (unpaired) electrons. The predicted molar refractivity (Wildman–Crippen MR) is 74.6 cm³/mol. The molecule has 26 heavy (non-hydrogen) atoms. The normalized spacial score (nSPS) is 22.3. The van der Waals surface area contributed by atoms with Gasteiger partial charge in [0.2, 0.25) is 11.6 Å². The minimum absolute atomic E-state index is 0.670. The van der Waals surface area contributed by atoms with Gasteiger partial charge in [0.15, 0.2) is 5.82 Å². The zero-order valence-corrected chi connectivity index (χ0v) is 14.0. The van der Waals surface area contributed by atoms with Crippen LogP contribution in [0.3, 0.4) is 0 Å². The number of carbonyl (C=O) groups is 1. The molecule has 1 fully saturated rings. The Bertz CT molecular complexity index is 776. The molecule has 0 unspecified atom stereocenters. The number of esters is 1. The third-order valence-corrected chi connectivity index (χ3v) is 4.51. The van der Waals surface area contributed by atoms with Gasteiger partial charge in [0.1, 0.15) is 17.3 Å². The molecule has 1 aromatic heterocycles. The maximum Gasteiger partial charge on any atom is 0.426 e. The average Bonchev–Trinajstić information content (AvgIpc) is 3.07. The van der Waals surface area contributed by atoms with Crippen LogP contribution in [0.2, 0.25) is 0 Å². The Morgan fingerprint density at radius 3 is 2.31 bits per heavy atom. The number of rotatable bonds is 4. The van der Waals surface area contributed by atoms with E-state index in [2.05, 4.69) is 9.72 Å². The van der Waals surface area contributed by atoms with Gasteiger partial charge in [0.25, 0.3) is 5.95 Å². The molecule has 0 N–H and O–H groups in total. The number of ether oxygens (including phenoxy) is 1. The molecule has 3 nitrogen and oxygen atoms in total. The lowest BCUT2D eigenvalue weighted by atomic mass is 10.1. The Labute approximate surface area is 147 Å². The highest BCUT2D eigenvalue weighted by Crippen LogP contribution is 2.60. The van der Waals surface area contributed by atoms with Crippen LogP contribution in [0.4, 0.5) is 30.7 Å². The van der Waals surface area contributed by atoms with Gasteiger partial charge in [0.05, 0.1) is 5.92 Å². The van der Waals surface area contributed by atoms with E-state index in [-0.39, 0.29) is 0 Å². The molecule has 1 aliphatic rings. The summed E-state index contributed by atoms with van der Waals surface area (Å²) >= 11 is 5.14. The van der Waals surface area contributed by atoms with Crippen molar-refractivity contribution in [1.29, 1.82) is 0 Å². The van der Waals surface area contributed by atoms with E-state index in [0.717, 1.165) is 0 Å². The summed E-state index contributed by atoms with van der Waals surface area (Å²) in [6.45, 7) is 1.95. The Kier molecular flexibility index (Phi) is 5.29. The van der Waals surface area contributed by atoms with E-state index in [1.807, 2.05) is 0 Å². The third-order valence-electron chi connectivity index (χ3n) is 4.17. The monoisotopic (exact) mass is 405 g/mol. The number of pyridine rings is 1. The van der Waals surface area contributed by atoms with Crippen molar-refractivity contribution < 1.29 is 40.3 Å². The van der Waals surface area contributed by atoms with Gasteiger partial charge in [-0.2, -0.15) is 22.0 Å². The van der Waals surface area contributed by atoms with E-state index in [1.54, 1.807) is 0 Å². The zero-order valence-electron chi connectivity index (χ0n) is 13.2. The van der Waals surface area contributed by atoms with Crippen molar-refractivity contribution in [3.05, 3.63) is 40.2 Å². The van der Waals surface area contributed by atoms with E-state index in [1.165, 1.54) is 13.8 Å². The number of nitrogens with zero attached hydrogens (tertiary/aromatic N) is 1. The molecule has 1 aliphatic carbocycles. The van der Waals surface area contributed by atoms with Crippen molar-refractivity contribution in [2.24, 2.45) is 17.3 Å². The number of hydrogen-bond acceptors (Lipinski definition) is 3. The van der Waals surface area contributed by atoms with Crippen LogP contribution in [0, 0.1) is 40.7 Å². The molecule has 11 heteroatoms. The molecule has 0 aliphatic heterocycles. The second-order valence-corrected chi connectivity index (χ2v) is 6.64. The molecule has 144 valence electrons. The topological polar surface area (TPSA) is 39.2 Å². The molecule has 2 rings (SSSR count). The molecular weight excluding hydrogens is 395 g/mol. The minimum atomic E-state index is -4.77. The maximum atomic E-state index is 13.5. The van der Waals surface area contributed by atoms with Crippen molar-refractivity contribution in [1.82, 2.24) is 4.98 Å². The Hall–Kier alpha value is -1.84. The van der Waals surface area contributed by atoms with Crippen LogP contribution in [-0.2, 0) is 16.1 Å². The van der Waals surface area contributed by atoms with Crippen LogP contribution in [-0.4, -0.2) is 17.1 Å². The molecule has 0 aromatic carbocycles. The molecule has 1 saturated carbocycles. The van der Waals surface area contributed by atoms with E-state index in [0.29, 0.717) is 6.08 Å². The van der Waals surface area contributed by atoms with Gasteiger partial charge in [-0.05, 0) is 11.3 Å². The highest BCUT2D eigenvalue weighted by Gasteiger charge is 2.62. The fourth-order valence-electron chi connectivity index (χ4n) is 2.55. The van der Waals surface area contributed by atoms with Crippen LogP contribution >= 0.6 is 11.6 Å². The number of halogens is 8. The van der Waals surface area contributed by atoms with Gasteiger partial charge in [-0.25, -0.2) is 13.8 Å². The smallest absolute Gasteiger partial charge is 0.426 e. The molecule has 0 saturated heterocycles. The zero-order chi connectivity index (χ0) is 20.0. The highest BCUT2D eigenvalue weighted by molar-refractivity contribution is 6.30. The van der Waals surface area contributed by atoms with E-state index >= 15 is 0 Å². The van der Waals surface area contributed by atoms with Gasteiger partial charge in [0, 0.05) is 0 Å². The summed E-state index contributed by atoms with van der Waals surface area (Å²) in [4.78, 5) is 14.8. The fourth-order valence-corrected chi connectivity index (χ4v) is 2.68. The van der Waals surface area contributed by atoms with Gasteiger partial charge < -0.3 is 4.74 Å². The standard InChI is InChI=1S/C15H11ClF7NO2/c1-14(2)5(3-7(16)15(21,22)23)8(14)13(25)26-4-6-9(17)10(18)11(19)12(20)24-6/h3,5,8H,4H2,1-2H3/t5-,8-/m1/s1. The van der Waals surface area contributed by atoms with Gasteiger partial charge in [-0.1, -0.05) is 31.5 Å². The number of aromatic nitrogens is 1. The summed E-state index contributed by atoms with van der Waals surface area (Å²) in [7, 11) is 0. The van der Waals surface area contributed by atoms with E-state index < -0.39 is 70.1 Å². The van der Waals surface area contributed by atoms with Crippen molar-refractivity contribution in [3.8, 4) is 0 Å². The van der Waals surface area contributed by atoms with Crippen molar-refractivity contribution in [3.63, 3.8) is 0 Å². The predicted octanol–water partition coefficient (Wildman–Crippen LogP) is 4.64. The van der Waals surface area contributed by atoms with Crippen molar-refractivity contribution in [2.75, 3.05) is 0 Å². The molecule has 0 bridgehead atoms. The van der Waals surface area contributed by atoms with Crippen molar-refractivity contribution in [2.45, 2.75) is 26.6 Å². The summed E-state index contributed by atoms with van der Waals surface area (Å²) in [5.41, 5.74) is -1.91. The molecular formula is C15H11ClF7NO2. The van der Waals surface area contributed by atoms with Gasteiger partial charge in [-0.3, -0.25) is 4.79 Å². The first-order valence-corrected chi connectivity index (χ1v) is 7.46.